The Morgan fingerprint density at radius 2 is 1.87 bits per heavy atom. The quantitative estimate of drug-likeness (QED) is 0.860. The number of fused-ring (bicyclic) bond motifs is 1. The van der Waals surface area contributed by atoms with Crippen molar-refractivity contribution in [1.29, 1.82) is 0 Å². The molecule has 0 spiro atoms. The predicted molar refractivity (Wildman–Crippen MR) is 84.1 cm³/mol. The average Bonchev–Trinajstić information content (AvgIpc) is 2.57. The summed E-state index contributed by atoms with van der Waals surface area (Å²) < 4.78 is 26.8. The number of hydrogen-bond acceptors (Lipinski definition) is 5. The minimum absolute atomic E-state index is 0.0643. The lowest BCUT2D eigenvalue weighted by Gasteiger charge is -2.38. The number of β-amino-alcohol motifs (C(OH)–C–C–N with tert-alkyl or cyclic N) is 1. The highest BCUT2D eigenvalue weighted by molar-refractivity contribution is 7.89. The van der Waals surface area contributed by atoms with Gasteiger partial charge >= 0.3 is 0 Å². The lowest BCUT2D eigenvalue weighted by atomic mass is 9.97. The largest absolute Gasteiger partial charge is 0.395 e. The van der Waals surface area contributed by atoms with Crippen molar-refractivity contribution in [2.45, 2.75) is 23.5 Å². The summed E-state index contributed by atoms with van der Waals surface area (Å²) in [6.07, 6.45) is 0.933. The van der Waals surface area contributed by atoms with Gasteiger partial charge in [-0.25, -0.2) is 8.42 Å². The first-order valence-electron chi connectivity index (χ1n) is 7.35. The maximum atomic E-state index is 12.8. The molecule has 1 aromatic heterocycles. The van der Waals surface area contributed by atoms with E-state index in [9.17, 15) is 18.6 Å². The van der Waals surface area contributed by atoms with Gasteiger partial charge in [0, 0.05) is 30.4 Å². The fourth-order valence-electron chi connectivity index (χ4n) is 2.96. The highest BCUT2D eigenvalue weighted by atomic mass is 32.2. The third kappa shape index (κ3) is 2.88. The van der Waals surface area contributed by atoms with E-state index in [1.807, 2.05) is 6.07 Å². The van der Waals surface area contributed by atoms with Crippen LogP contribution in [0.15, 0.2) is 53.6 Å². The van der Waals surface area contributed by atoms with Gasteiger partial charge < -0.3 is 10.2 Å². The van der Waals surface area contributed by atoms with Gasteiger partial charge in [-0.1, -0.05) is 24.3 Å². The van der Waals surface area contributed by atoms with Crippen LogP contribution in [0.1, 0.15) is 17.4 Å². The minimum atomic E-state index is -3.76. The Morgan fingerprint density at radius 3 is 2.57 bits per heavy atom. The number of aliphatic hydroxyl groups is 2. The molecule has 0 radical (unpaired) electrons. The van der Waals surface area contributed by atoms with Crippen LogP contribution in [-0.4, -0.2) is 47.1 Å². The zero-order chi connectivity index (χ0) is 16.4. The van der Waals surface area contributed by atoms with E-state index in [1.165, 1.54) is 10.4 Å². The molecule has 6 nitrogen and oxygen atoms in total. The molecule has 1 aromatic carbocycles. The molecule has 0 amide bonds. The zero-order valence-corrected chi connectivity index (χ0v) is 13.2. The molecule has 0 aliphatic carbocycles. The molecule has 0 saturated carbocycles. The molecule has 23 heavy (non-hydrogen) atoms. The second-order valence-corrected chi connectivity index (χ2v) is 7.27. The normalized spacial score (nSPS) is 23.4. The van der Waals surface area contributed by atoms with Crippen LogP contribution in [0.25, 0.3) is 0 Å². The van der Waals surface area contributed by atoms with Crippen LogP contribution < -0.4 is 0 Å². The number of benzene rings is 1. The van der Waals surface area contributed by atoms with E-state index < -0.39 is 22.2 Å². The van der Waals surface area contributed by atoms with Crippen LogP contribution in [0, 0.1) is 0 Å². The summed E-state index contributed by atoms with van der Waals surface area (Å²) in [7, 11) is -3.76. The Labute approximate surface area is 135 Å². The van der Waals surface area contributed by atoms with E-state index in [2.05, 4.69) is 4.98 Å². The highest BCUT2D eigenvalue weighted by Gasteiger charge is 2.43. The van der Waals surface area contributed by atoms with Crippen molar-refractivity contribution in [2.24, 2.45) is 0 Å². The van der Waals surface area contributed by atoms with Crippen molar-refractivity contribution in [3.8, 4) is 0 Å². The van der Waals surface area contributed by atoms with Gasteiger partial charge in [-0.3, -0.25) is 4.98 Å². The van der Waals surface area contributed by atoms with Crippen LogP contribution in [-0.2, 0) is 16.4 Å². The number of pyridine rings is 1. The summed E-state index contributed by atoms with van der Waals surface area (Å²) in [6, 6.07) is 11.1. The smallest absolute Gasteiger partial charge is 0.243 e. The second-order valence-electron chi connectivity index (χ2n) is 5.41. The molecule has 0 fully saturated rings. The van der Waals surface area contributed by atoms with E-state index in [-0.39, 0.29) is 24.5 Å². The number of aliphatic hydroxyl groups excluding tert-OH is 2. The molecule has 2 heterocycles. The standard InChI is InChI=1S/C16H18N2O4S/c19-10-9-18-14(11-12-5-3-4-8-17-12)16(20)13-6-1-2-7-15(13)23(18,21)22/h1-8,14,16,19-20H,9-11H2/t14-,16+/m0/s1. The summed E-state index contributed by atoms with van der Waals surface area (Å²) in [5.41, 5.74) is 1.08. The molecular weight excluding hydrogens is 316 g/mol. The molecule has 0 unspecified atom stereocenters. The number of sulfonamides is 1. The topological polar surface area (TPSA) is 90.7 Å². The molecule has 2 N–H and O–H groups in total. The first-order chi connectivity index (χ1) is 11.1. The number of hydrogen-bond donors (Lipinski definition) is 2. The molecule has 122 valence electrons. The van der Waals surface area contributed by atoms with Gasteiger partial charge in [-0.05, 0) is 18.2 Å². The average molecular weight is 334 g/mol. The first kappa shape index (κ1) is 16.1. The van der Waals surface area contributed by atoms with Crippen molar-refractivity contribution < 1.29 is 18.6 Å². The zero-order valence-electron chi connectivity index (χ0n) is 12.4. The lowest BCUT2D eigenvalue weighted by Crippen LogP contribution is -2.50. The van der Waals surface area contributed by atoms with E-state index in [0.717, 1.165) is 0 Å². The van der Waals surface area contributed by atoms with Crippen molar-refractivity contribution in [2.75, 3.05) is 13.2 Å². The molecule has 3 rings (SSSR count). The summed E-state index contributed by atoms with van der Waals surface area (Å²) in [5, 5.41) is 20.0. The Hall–Kier alpha value is -1.80. The molecular formula is C16H18N2O4S. The first-order valence-corrected chi connectivity index (χ1v) is 8.79. The molecule has 1 aliphatic rings. The molecule has 0 bridgehead atoms. The summed E-state index contributed by atoms with van der Waals surface area (Å²) in [5.74, 6) is 0. The number of rotatable bonds is 4. The van der Waals surface area contributed by atoms with Gasteiger partial charge in [-0.15, -0.1) is 0 Å². The third-order valence-corrected chi connectivity index (χ3v) is 6.02. The van der Waals surface area contributed by atoms with Gasteiger partial charge in [0.2, 0.25) is 10.0 Å². The van der Waals surface area contributed by atoms with Crippen molar-refractivity contribution in [3.63, 3.8) is 0 Å². The Morgan fingerprint density at radius 1 is 1.13 bits per heavy atom. The lowest BCUT2D eigenvalue weighted by molar-refractivity contribution is 0.0720. The maximum absolute atomic E-state index is 12.8. The summed E-state index contributed by atoms with van der Waals surface area (Å²) >= 11 is 0. The van der Waals surface area contributed by atoms with E-state index >= 15 is 0 Å². The van der Waals surface area contributed by atoms with Gasteiger partial charge in [0.05, 0.1) is 23.6 Å². The van der Waals surface area contributed by atoms with Crippen molar-refractivity contribution >= 4 is 10.0 Å². The van der Waals surface area contributed by atoms with E-state index in [1.54, 1.807) is 36.5 Å². The van der Waals surface area contributed by atoms with Crippen LogP contribution in [0.4, 0.5) is 0 Å². The fraction of sp³-hybridized carbons (Fsp3) is 0.312. The number of nitrogens with zero attached hydrogens (tertiary/aromatic N) is 2. The monoisotopic (exact) mass is 334 g/mol. The summed E-state index contributed by atoms with van der Waals surface area (Å²) in [6.45, 7) is -0.377. The highest BCUT2D eigenvalue weighted by Crippen LogP contribution is 2.37. The van der Waals surface area contributed by atoms with Crippen molar-refractivity contribution in [3.05, 3.63) is 59.9 Å². The molecule has 2 aromatic rings. The van der Waals surface area contributed by atoms with E-state index in [0.29, 0.717) is 11.3 Å². The second kappa shape index (κ2) is 6.37. The van der Waals surface area contributed by atoms with Gasteiger partial charge in [0.15, 0.2) is 0 Å². The van der Waals surface area contributed by atoms with Gasteiger partial charge in [-0.2, -0.15) is 4.31 Å². The van der Waals surface area contributed by atoms with Gasteiger partial charge in [0.25, 0.3) is 0 Å². The van der Waals surface area contributed by atoms with Gasteiger partial charge in [0.1, 0.15) is 0 Å². The fourth-order valence-corrected chi connectivity index (χ4v) is 4.82. The minimum Gasteiger partial charge on any atom is -0.395 e. The number of aromatic nitrogens is 1. The molecule has 7 heteroatoms. The third-order valence-electron chi connectivity index (χ3n) is 4.02. The Balaban J connectivity index is 2.07. The van der Waals surface area contributed by atoms with Crippen molar-refractivity contribution in [1.82, 2.24) is 9.29 Å². The van der Waals surface area contributed by atoms with Crippen LogP contribution in [0.5, 0.6) is 0 Å². The Kier molecular flexibility index (Phi) is 4.45. The van der Waals surface area contributed by atoms with Crippen LogP contribution in [0.3, 0.4) is 0 Å². The van der Waals surface area contributed by atoms with Crippen LogP contribution in [0.2, 0.25) is 0 Å². The molecule has 2 atom stereocenters. The summed E-state index contributed by atoms with van der Waals surface area (Å²) in [4.78, 5) is 4.31. The SMILES string of the molecule is O=S1(=O)c2ccccc2[C@@H](O)[C@H](Cc2ccccn2)N1CCO. The van der Waals surface area contributed by atoms with E-state index in [4.69, 9.17) is 0 Å². The Bertz CT molecular complexity index is 780. The van der Waals surface area contributed by atoms with Crippen LogP contribution >= 0.6 is 0 Å². The molecule has 1 aliphatic heterocycles. The maximum Gasteiger partial charge on any atom is 0.243 e. The predicted octanol–water partition coefficient (Wildman–Crippen LogP) is 0.723. The molecule has 0 saturated heterocycles.